The summed E-state index contributed by atoms with van der Waals surface area (Å²) in [7, 11) is -1.53. The predicted octanol–water partition coefficient (Wildman–Crippen LogP) is 7.37. The van der Waals surface area contributed by atoms with E-state index in [-0.39, 0.29) is 24.5 Å². The summed E-state index contributed by atoms with van der Waals surface area (Å²) in [5.41, 5.74) is 0. The largest absolute Gasteiger partial charge is 0.317 e. The molecule has 0 aliphatic rings. The molecule has 0 aliphatic carbocycles. The predicted molar refractivity (Wildman–Crippen MR) is 264 cm³/mol. The lowest BCUT2D eigenvalue weighted by Gasteiger charge is -2.18. The third-order valence-corrected chi connectivity index (χ3v) is 17.2. The Labute approximate surface area is 393 Å². The van der Waals surface area contributed by atoms with Crippen LogP contribution in [0.4, 0.5) is 0 Å². The smallest absolute Gasteiger partial charge is 0.282 e. The number of hydrogen-bond donors (Lipinski definition) is 1. The van der Waals surface area contributed by atoms with Gasteiger partial charge in [0.25, 0.3) is 19.2 Å². The topological polar surface area (TPSA) is 191 Å². The van der Waals surface area contributed by atoms with Gasteiger partial charge in [-0.25, -0.2) is 25.3 Å². The van der Waals surface area contributed by atoms with Crippen LogP contribution in [0.1, 0.15) is 0 Å². The van der Waals surface area contributed by atoms with Crippen LogP contribution in [0, 0.1) is 0 Å². The van der Waals surface area contributed by atoms with E-state index in [9.17, 15) is 33.7 Å². The molecule has 64 heavy (non-hydrogen) atoms. The second-order valence-corrected chi connectivity index (χ2v) is 27.8. The van der Waals surface area contributed by atoms with E-state index in [0.29, 0.717) is 0 Å². The summed E-state index contributed by atoms with van der Waals surface area (Å²) in [6.07, 6.45) is 0. The molecule has 0 fully saturated rings. The highest BCUT2D eigenvalue weighted by molar-refractivity contribution is 8.31. The molecule has 0 spiro atoms. The molecule has 1 N–H and O–H groups in total. The average Bonchev–Trinajstić information content (AvgIpc) is 3.25. The molecule has 0 radical (unpaired) electrons. The second-order valence-electron chi connectivity index (χ2n) is 12.7. The zero-order valence-electron chi connectivity index (χ0n) is 32.7. The Morgan fingerprint density at radius 2 is 0.641 bits per heavy atom. The van der Waals surface area contributed by atoms with Crippen LogP contribution in [-0.2, 0) is 47.1 Å². The lowest BCUT2D eigenvalue weighted by atomic mass is 10.4. The fraction of sp³-hybridized carbons (Fsp3) is 0. The van der Waals surface area contributed by atoms with Crippen LogP contribution < -0.4 is 26.5 Å². The summed E-state index contributed by atoms with van der Waals surface area (Å²) in [5.74, 6) is 0. The molecule has 2 atom stereocenters. The molecule has 11 nitrogen and oxygen atoms in total. The highest BCUT2D eigenvalue weighted by atomic mass is 36.0. The van der Waals surface area contributed by atoms with Crippen molar-refractivity contribution in [1.29, 1.82) is 0 Å². The van der Waals surface area contributed by atoms with Crippen molar-refractivity contribution in [3.63, 3.8) is 0 Å². The second kappa shape index (κ2) is 23.2. The lowest BCUT2D eigenvalue weighted by Crippen LogP contribution is -2.20. The third-order valence-electron chi connectivity index (χ3n) is 8.23. The van der Waals surface area contributed by atoms with Crippen molar-refractivity contribution in [3.8, 4) is 0 Å². The highest BCUT2D eigenvalue weighted by Crippen LogP contribution is 2.32. The molecule has 2 unspecified atom stereocenters. The van der Waals surface area contributed by atoms with Crippen molar-refractivity contribution in [2.24, 2.45) is 0 Å². The molecular weight excluding hydrogens is 1040 g/mol. The average molecular weight is 1080 g/mol. The van der Waals surface area contributed by atoms with Crippen LogP contribution >= 0.6 is 58.4 Å². The maximum absolute atomic E-state index is 12.4. The van der Waals surface area contributed by atoms with Crippen molar-refractivity contribution >= 4 is 132 Å². The quantitative estimate of drug-likeness (QED) is 0.0863. The van der Waals surface area contributed by atoms with Gasteiger partial charge in [-0.05, 0) is 95.1 Å². The van der Waals surface area contributed by atoms with E-state index in [0.717, 1.165) is 28.8 Å². The molecule has 7 aromatic rings. The Morgan fingerprint density at radius 1 is 0.359 bits per heavy atom. The molecule has 336 valence electrons. The van der Waals surface area contributed by atoms with E-state index in [4.69, 9.17) is 23.7 Å². The van der Waals surface area contributed by atoms with Gasteiger partial charge in [-0.3, -0.25) is 4.55 Å². The summed E-state index contributed by atoms with van der Waals surface area (Å²) in [6.45, 7) is 0. The van der Waals surface area contributed by atoms with E-state index in [1.165, 1.54) is 70.5 Å². The molecule has 7 rings (SSSR count). The Kier molecular flexibility index (Phi) is 19.2. The van der Waals surface area contributed by atoms with E-state index in [2.05, 4.69) is 131 Å². The Morgan fingerprint density at radius 3 is 0.938 bits per heavy atom. The maximum atomic E-state index is 12.4. The Hall–Kier alpha value is -3.59. The van der Waals surface area contributed by atoms with Gasteiger partial charge in [0.2, 0.25) is 19.7 Å². The zero-order chi connectivity index (χ0) is 47.3. The minimum absolute atomic E-state index is 0.0520. The number of sulfone groups is 2. The highest BCUT2D eigenvalue weighted by Gasteiger charge is 2.22. The standard InChI is InChI=1S/C18H15P.C12H10ClO4PS2.C12H11O5PS2.Cl2O2S/c1-4-10-16(11-5-1)19(17-12-6-2-7-13-17)18-14-8-3-9-15-18;13-20(16,17)12-3-1-2-11(8-12)19(14,15)10-6-4-9(18)5-7-10;13-19(14,10-6-4-9(18)5-7-10)11-2-1-3-12(8-11)20(15,16)17;1-5(2,3)4/h1-15H;1-8H,18H2;1-8H,18H2,(H,15,16,17);. The first kappa shape index (κ1) is 53.0. The Balaban J connectivity index is 0.000000200. The molecule has 0 heterocycles. The Bertz CT molecular complexity index is 2980. The van der Waals surface area contributed by atoms with Gasteiger partial charge in [0.15, 0.2) is 0 Å². The van der Waals surface area contributed by atoms with E-state index >= 15 is 0 Å². The lowest BCUT2D eigenvalue weighted by molar-refractivity contribution is 0.483. The molecule has 0 aromatic heterocycles. The summed E-state index contributed by atoms with van der Waals surface area (Å²) >= 11 is 0. The number of hydrogen-bond acceptors (Lipinski definition) is 10. The van der Waals surface area contributed by atoms with E-state index in [1.54, 1.807) is 24.3 Å². The van der Waals surface area contributed by atoms with Gasteiger partial charge in [-0.1, -0.05) is 127 Å². The van der Waals surface area contributed by atoms with E-state index in [1.807, 2.05) is 0 Å². The van der Waals surface area contributed by atoms with Crippen LogP contribution in [0.5, 0.6) is 0 Å². The first-order chi connectivity index (χ1) is 29.9. The first-order valence-electron chi connectivity index (χ1n) is 17.8. The van der Waals surface area contributed by atoms with Crippen LogP contribution in [0.2, 0.25) is 0 Å². The first-order valence-corrected chi connectivity index (χ1v) is 30.2. The molecule has 0 saturated carbocycles. The van der Waals surface area contributed by atoms with Gasteiger partial charge in [0.05, 0.1) is 29.4 Å². The van der Waals surface area contributed by atoms with Gasteiger partial charge in [-0.15, -0.1) is 18.5 Å². The van der Waals surface area contributed by atoms with Gasteiger partial charge < -0.3 is 0 Å². The molecule has 7 aromatic carbocycles. The summed E-state index contributed by atoms with van der Waals surface area (Å²) in [4.78, 5) is -0.868. The number of halogens is 3. The third kappa shape index (κ3) is 16.4. The summed E-state index contributed by atoms with van der Waals surface area (Å²) < 4.78 is 121. The SMILES string of the molecule is O=S(=O)(Cl)Cl.O=S(=O)(Cl)c1cccc(S(=O)(=O)c2ccc(P)cc2)c1.O=S(=O)(O)c1cccc(S(=O)(=O)c2ccc(P)cc2)c1.c1ccc(P(c2ccccc2)c2ccccc2)cc1. The number of rotatable bonds is 9. The summed E-state index contributed by atoms with van der Waals surface area (Å²) in [6, 6.07) is 54.2. The van der Waals surface area contributed by atoms with Gasteiger partial charge in [0.1, 0.15) is 0 Å². The monoisotopic (exact) mass is 1070 g/mol. The van der Waals surface area contributed by atoms with Crippen molar-refractivity contribution in [1.82, 2.24) is 0 Å². The molecule has 22 heteroatoms. The normalized spacial score (nSPS) is 11.7. The van der Waals surface area contributed by atoms with Crippen molar-refractivity contribution in [3.05, 3.63) is 188 Å². The van der Waals surface area contributed by atoms with Crippen LogP contribution in [0.25, 0.3) is 0 Å². The fourth-order valence-electron chi connectivity index (χ4n) is 5.34. The molecule has 0 saturated heterocycles. The molecule has 0 bridgehead atoms. The van der Waals surface area contributed by atoms with E-state index < -0.39 is 59.9 Å². The zero-order valence-corrected chi connectivity index (χ0v) is 42.3. The fourth-order valence-corrected chi connectivity index (χ4v) is 12.1. The van der Waals surface area contributed by atoms with Crippen LogP contribution in [0.15, 0.2) is 217 Å². The van der Waals surface area contributed by atoms with Gasteiger partial charge >= 0.3 is 8.26 Å². The minimum Gasteiger partial charge on any atom is -0.282 e. The minimum atomic E-state index is -4.44. The van der Waals surface area contributed by atoms with Crippen LogP contribution in [-0.4, -0.2) is 46.6 Å². The van der Waals surface area contributed by atoms with Crippen molar-refractivity contribution in [2.75, 3.05) is 0 Å². The number of benzene rings is 7. The molecule has 0 amide bonds. The van der Waals surface area contributed by atoms with Crippen LogP contribution in [0.3, 0.4) is 0 Å². The van der Waals surface area contributed by atoms with Crippen molar-refractivity contribution in [2.45, 2.75) is 29.4 Å². The van der Waals surface area contributed by atoms with Gasteiger partial charge in [-0.2, -0.15) is 16.8 Å². The maximum Gasteiger partial charge on any atom is 0.317 e. The summed E-state index contributed by atoms with van der Waals surface area (Å²) in [5, 5.41) is 5.87. The molecule has 0 aliphatic heterocycles. The van der Waals surface area contributed by atoms with Gasteiger partial charge in [0, 0.05) is 32.0 Å². The molecular formula is C42H36Cl3O11P3S5. The van der Waals surface area contributed by atoms with Crippen molar-refractivity contribution < 1.29 is 46.6 Å².